The summed E-state index contributed by atoms with van der Waals surface area (Å²) in [6.45, 7) is 6.54. The first kappa shape index (κ1) is 10.3. The van der Waals surface area contributed by atoms with E-state index < -0.39 is 0 Å². The SMILES string of the molecule is CC/C(NC)=C(/NC)C(C)C. The quantitative estimate of drug-likeness (QED) is 0.647. The van der Waals surface area contributed by atoms with Crippen molar-refractivity contribution in [2.24, 2.45) is 5.92 Å². The van der Waals surface area contributed by atoms with Gasteiger partial charge in [0.25, 0.3) is 0 Å². The first-order valence-corrected chi connectivity index (χ1v) is 4.25. The molecule has 0 aliphatic rings. The largest absolute Gasteiger partial charge is 0.390 e. The third-order valence-electron chi connectivity index (χ3n) is 1.83. The van der Waals surface area contributed by atoms with Crippen molar-refractivity contribution >= 4 is 0 Å². The predicted molar refractivity (Wildman–Crippen MR) is 50.3 cm³/mol. The van der Waals surface area contributed by atoms with Crippen LogP contribution < -0.4 is 10.6 Å². The van der Waals surface area contributed by atoms with E-state index in [4.69, 9.17) is 0 Å². The van der Waals surface area contributed by atoms with E-state index in [2.05, 4.69) is 31.4 Å². The van der Waals surface area contributed by atoms with Gasteiger partial charge in [-0.05, 0) is 12.3 Å². The Labute approximate surface area is 70.1 Å². The van der Waals surface area contributed by atoms with Crippen LogP contribution in [-0.4, -0.2) is 14.1 Å². The van der Waals surface area contributed by atoms with Gasteiger partial charge in [-0.15, -0.1) is 0 Å². The Morgan fingerprint density at radius 2 is 1.73 bits per heavy atom. The van der Waals surface area contributed by atoms with Gasteiger partial charge in [0.15, 0.2) is 0 Å². The summed E-state index contributed by atoms with van der Waals surface area (Å²) in [4.78, 5) is 0. The number of nitrogens with one attached hydrogen (secondary N) is 2. The molecule has 0 aliphatic heterocycles. The summed E-state index contributed by atoms with van der Waals surface area (Å²) in [6, 6.07) is 0. The maximum Gasteiger partial charge on any atom is 0.0322 e. The summed E-state index contributed by atoms with van der Waals surface area (Å²) in [5.41, 5.74) is 2.62. The van der Waals surface area contributed by atoms with E-state index in [9.17, 15) is 0 Å². The lowest BCUT2D eigenvalue weighted by atomic mass is 10.1. The van der Waals surface area contributed by atoms with E-state index in [1.165, 1.54) is 11.4 Å². The van der Waals surface area contributed by atoms with Gasteiger partial charge in [0.1, 0.15) is 0 Å². The highest BCUT2D eigenvalue weighted by atomic mass is 14.9. The van der Waals surface area contributed by atoms with Gasteiger partial charge in [-0.1, -0.05) is 20.8 Å². The van der Waals surface area contributed by atoms with Crippen LogP contribution in [0.5, 0.6) is 0 Å². The van der Waals surface area contributed by atoms with Gasteiger partial charge >= 0.3 is 0 Å². The van der Waals surface area contributed by atoms with E-state index in [1.54, 1.807) is 0 Å². The van der Waals surface area contributed by atoms with Crippen molar-refractivity contribution in [3.05, 3.63) is 11.4 Å². The lowest BCUT2D eigenvalue weighted by Gasteiger charge is -2.16. The Kier molecular flexibility index (Phi) is 4.75. The molecular formula is C9H20N2. The van der Waals surface area contributed by atoms with Crippen LogP contribution in [0.2, 0.25) is 0 Å². The van der Waals surface area contributed by atoms with Crippen LogP contribution in [0.4, 0.5) is 0 Å². The molecule has 0 aliphatic carbocycles. The average Bonchev–Trinajstić information content (AvgIpc) is 1.99. The van der Waals surface area contributed by atoms with Crippen molar-refractivity contribution in [2.75, 3.05) is 14.1 Å². The Balaban J connectivity index is 4.48. The zero-order valence-electron chi connectivity index (χ0n) is 8.28. The molecule has 0 unspecified atom stereocenters. The van der Waals surface area contributed by atoms with Gasteiger partial charge in [0.2, 0.25) is 0 Å². The second-order valence-corrected chi connectivity index (χ2v) is 2.90. The molecule has 0 rings (SSSR count). The first-order chi connectivity index (χ1) is 5.17. The molecule has 0 heterocycles. The van der Waals surface area contributed by atoms with Crippen LogP contribution in [0.25, 0.3) is 0 Å². The van der Waals surface area contributed by atoms with Crippen LogP contribution in [-0.2, 0) is 0 Å². The molecule has 0 saturated heterocycles. The molecule has 0 aromatic carbocycles. The second kappa shape index (κ2) is 5.05. The third-order valence-corrected chi connectivity index (χ3v) is 1.83. The molecule has 0 aromatic heterocycles. The molecular weight excluding hydrogens is 136 g/mol. The molecule has 0 bridgehead atoms. The van der Waals surface area contributed by atoms with Gasteiger partial charge < -0.3 is 10.6 Å². The Bertz CT molecular complexity index is 130. The van der Waals surface area contributed by atoms with Gasteiger partial charge in [-0.3, -0.25) is 0 Å². The van der Waals surface area contributed by atoms with Crippen molar-refractivity contribution in [1.29, 1.82) is 0 Å². The summed E-state index contributed by atoms with van der Waals surface area (Å²) >= 11 is 0. The zero-order chi connectivity index (χ0) is 8.85. The predicted octanol–water partition coefficient (Wildman–Crippen LogP) is 1.70. The Hall–Kier alpha value is -0.660. The van der Waals surface area contributed by atoms with Crippen molar-refractivity contribution in [3.63, 3.8) is 0 Å². The lowest BCUT2D eigenvalue weighted by molar-refractivity contribution is 0.659. The fourth-order valence-electron chi connectivity index (χ4n) is 1.29. The summed E-state index contributed by atoms with van der Waals surface area (Å²) in [5, 5.41) is 6.42. The molecule has 66 valence electrons. The van der Waals surface area contributed by atoms with Crippen LogP contribution in [0.1, 0.15) is 27.2 Å². The highest BCUT2D eigenvalue weighted by molar-refractivity contribution is 5.11. The number of hydrogen-bond donors (Lipinski definition) is 2. The summed E-state index contributed by atoms with van der Waals surface area (Å²) in [5.74, 6) is 0.572. The van der Waals surface area contributed by atoms with Gasteiger partial charge in [0, 0.05) is 25.5 Å². The van der Waals surface area contributed by atoms with Crippen molar-refractivity contribution in [3.8, 4) is 0 Å². The maximum absolute atomic E-state index is 3.22. The minimum atomic E-state index is 0.572. The molecule has 0 aromatic rings. The van der Waals surface area contributed by atoms with Crippen molar-refractivity contribution in [1.82, 2.24) is 10.6 Å². The van der Waals surface area contributed by atoms with E-state index >= 15 is 0 Å². The standard InChI is InChI=1S/C9H20N2/c1-6-8(10-4)9(11-5)7(2)3/h7,10-11H,6H2,1-5H3/b9-8-. The topological polar surface area (TPSA) is 24.1 Å². The monoisotopic (exact) mass is 156 g/mol. The molecule has 2 N–H and O–H groups in total. The highest BCUT2D eigenvalue weighted by Crippen LogP contribution is 2.11. The molecule has 2 heteroatoms. The lowest BCUT2D eigenvalue weighted by Crippen LogP contribution is -2.20. The third kappa shape index (κ3) is 2.83. The van der Waals surface area contributed by atoms with Crippen LogP contribution in [0, 0.1) is 5.92 Å². The number of rotatable bonds is 4. The normalized spacial score (nSPS) is 12.9. The fourth-order valence-corrected chi connectivity index (χ4v) is 1.29. The molecule has 0 spiro atoms. The highest BCUT2D eigenvalue weighted by Gasteiger charge is 2.05. The average molecular weight is 156 g/mol. The smallest absolute Gasteiger partial charge is 0.0322 e. The van der Waals surface area contributed by atoms with E-state index in [0.29, 0.717) is 5.92 Å². The van der Waals surface area contributed by atoms with E-state index in [-0.39, 0.29) is 0 Å². The summed E-state index contributed by atoms with van der Waals surface area (Å²) < 4.78 is 0. The van der Waals surface area contributed by atoms with Crippen LogP contribution in [0.15, 0.2) is 11.4 Å². The van der Waals surface area contributed by atoms with Crippen LogP contribution in [0.3, 0.4) is 0 Å². The van der Waals surface area contributed by atoms with Crippen molar-refractivity contribution < 1.29 is 0 Å². The maximum atomic E-state index is 3.22. The molecule has 0 amide bonds. The van der Waals surface area contributed by atoms with Crippen molar-refractivity contribution in [2.45, 2.75) is 27.2 Å². The number of allylic oxidation sites excluding steroid dienone is 2. The summed E-state index contributed by atoms with van der Waals surface area (Å²) in [7, 11) is 3.95. The second-order valence-electron chi connectivity index (χ2n) is 2.90. The van der Waals surface area contributed by atoms with Gasteiger partial charge in [-0.25, -0.2) is 0 Å². The Morgan fingerprint density at radius 1 is 1.18 bits per heavy atom. The molecule has 0 atom stereocenters. The zero-order valence-corrected chi connectivity index (χ0v) is 8.28. The van der Waals surface area contributed by atoms with E-state index in [1.807, 2.05) is 14.1 Å². The Morgan fingerprint density at radius 3 is 1.82 bits per heavy atom. The molecule has 0 saturated carbocycles. The minimum Gasteiger partial charge on any atom is -0.390 e. The molecule has 0 radical (unpaired) electrons. The van der Waals surface area contributed by atoms with E-state index in [0.717, 1.165) is 6.42 Å². The minimum absolute atomic E-state index is 0.572. The van der Waals surface area contributed by atoms with Crippen LogP contribution >= 0.6 is 0 Å². The number of hydrogen-bond acceptors (Lipinski definition) is 2. The molecule has 11 heavy (non-hydrogen) atoms. The molecule has 0 fully saturated rings. The first-order valence-electron chi connectivity index (χ1n) is 4.25. The van der Waals surface area contributed by atoms with Gasteiger partial charge in [0.05, 0.1) is 0 Å². The summed E-state index contributed by atoms with van der Waals surface area (Å²) in [6.07, 6.45) is 1.06. The van der Waals surface area contributed by atoms with Gasteiger partial charge in [-0.2, -0.15) is 0 Å². The molecule has 2 nitrogen and oxygen atoms in total. The fraction of sp³-hybridized carbons (Fsp3) is 0.778.